The summed E-state index contributed by atoms with van der Waals surface area (Å²) in [5, 5.41) is 7.19. The molecule has 0 aromatic heterocycles. The van der Waals surface area contributed by atoms with E-state index in [1.807, 2.05) is 0 Å². The summed E-state index contributed by atoms with van der Waals surface area (Å²) in [5.41, 5.74) is 0. The van der Waals surface area contributed by atoms with Gasteiger partial charge in [-0.05, 0) is 59.2 Å². The SMILES string of the molecule is CC(CC1COCCN1)NCCCN1CCCCC1C. The van der Waals surface area contributed by atoms with Gasteiger partial charge in [0.15, 0.2) is 0 Å². The van der Waals surface area contributed by atoms with Crippen LogP contribution in [0.3, 0.4) is 0 Å². The summed E-state index contributed by atoms with van der Waals surface area (Å²) >= 11 is 0. The topological polar surface area (TPSA) is 36.5 Å². The van der Waals surface area contributed by atoms with E-state index in [0.29, 0.717) is 12.1 Å². The first-order valence-electron chi connectivity index (χ1n) is 8.54. The predicted molar refractivity (Wildman–Crippen MR) is 84.2 cm³/mol. The number of hydrogen-bond acceptors (Lipinski definition) is 4. The Kier molecular flexibility index (Phi) is 7.28. The minimum absolute atomic E-state index is 0.536. The third-order valence-corrected chi connectivity index (χ3v) is 4.69. The van der Waals surface area contributed by atoms with Crippen LogP contribution in [0.15, 0.2) is 0 Å². The number of nitrogens with zero attached hydrogens (tertiary/aromatic N) is 1. The van der Waals surface area contributed by atoms with E-state index in [4.69, 9.17) is 4.74 Å². The van der Waals surface area contributed by atoms with E-state index < -0.39 is 0 Å². The molecule has 0 bridgehead atoms. The molecule has 0 aromatic carbocycles. The second kappa shape index (κ2) is 8.98. The maximum atomic E-state index is 5.50. The number of likely N-dealkylation sites (tertiary alicyclic amines) is 1. The van der Waals surface area contributed by atoms with E-state index in [1.54, 1.807) is 0 Å². The summed E-state index contributed by atoms with van der Waals surface area (Å²) in [6.45, 7) is 11.1. The fourth-order valence-corrected chi connectivity index (χ4v) is 3.40. The van der Waals surface area contributed by atoms with Crippen molar-refractivity contribution in [2.75, 3.05) is 39.4 Å². The van der Waals surface area contributed by atoms with Crippen LogP contribution in [0.5, 0.6) is 0 Å². The van der Waals surface area contributed by atoms with E-state index in [-0.39, 0.29) is 0 Å². The van der Waals surface area contributed by atoms with Crippen molar-refractivity contribution in [1.82, 2.24) is 15.5 Å². The molecule has 2 N–H and O–H groups in total. The lowest BCUT2D eigenvalue weighted by atomic mass is 10.0. The molecule has 2 fully saturated rings. The fraction of sp³-hybridized carbons (Fsp3) is 1.00. The maximum Gasteiger partial charge on any atom is 0.0620 e. The summed E-state index contributed by atoms with van der Waals surface area (Å²) < 4.78 is 5.50. The molecule has 2 aliphatic heterocycles. The highest BCUT2D eigenvalue weighted by Crippen LogP contribution is 2.16. The highest BCUT2D eigenvalue weighted by atomic mass is 16.5. The molecule has 3 unspecified atom stereocenters. The van der Waals surface area contributed by atoms with Gasteiger partial charge in [0.05, 0.1) is 13.2 Å². The molecule has 0 aromatic rings. The number of morpholine rings is 1. The van der Waals surface area contributed by atoms with Gasteiger partial charge in [-0.25, -0.2) is 0 Å². The third-order valence-electron chi connectivity index (χ3n) is 4.69. The molecule has 0 spiro atoms. The number of rotatable bonds is 7. The van der Waals surface area contributed by atoms with Crippen LogP contribution in [0.25, 0.3) is 0 Å². The normalized spacial score (nSPS) is 30.3. The Morgan fingerprint density at radius 3 is 3.05 bits per heavy atom. The molecule has 2 saturated heterocycles. The summed E-state index contributed by atoms with van der Waals surface area (Å²) in [4.78, 5) is 2.66. The zero-order valence-electron chi connectivity index (χ0n) is 13.4. The van der Waals surface area contributed by atoms with Crippen LogP contribution >= 0.6 is 0 Å². The maximum absolute atomic E-state index is 5.50. The third kappa shape index (κ3) is 5.68. The van der Waals surface area contributed by atoms with Gasteiger partial charge in [0.25, 0.3) is 0 Å². The lowest BCUT2D eigenvalue weighted by Crippen LogP contribution is -2.45. The van der Waals surface area contributed by atoms with Crippen molar-refractivity contribution >= 4 is 0 Å². The number of ether oxygens (including phenoxy) is 1. The Bertz CT molecular complexity index is 256. The van der Waals surface area contributed by atoms with E-state index in [9.17, 15) is 0 Å². The fourth-order valence-electron chi connectivity index (χ4n) is 3.40. The van der Waals surface area contributed by atoms with E-state index in [0.717, 1.165) is 32.3 Å². The van der Waals surface area contributed by atoms with Crippen molar-refractivity contribution in [2.24, 2.45) is 0 Å². The molecule has 4 nitrogen and oxygen atoms in total. The predicted octanol–water partition coefficient (Wildman–Crippen LogP) is 1.61. The minimum atomic E-state index is 0.536. The summed E-state index contributed by atoms with van der Waals surface area (Å²) in [7, 11) is 0. The average Bonchev–Trinajstić information content (AvgIpc) is 2.46. The summed E-state index contributed by atoms with van der Waals surface area (Å²) in [6, 6.07) is 1.91. The van der Waals surface area contributed by atoms with Crippen molar-refractivity contribution in [3.63, 3.8) is 0 Å². The molecule has 0 radical (unpaired) electrons. The Hall–Kier alpha value is -0.160. The summed E-state index contributed by atoms with van der Waals surface area (Å²) in [6.07, 6.45) is 6.63. The lowest BCUT2D eigenvalue weighted by molar-refractivity contribution is 0.0711. The van der Waals surface area contributed by atoms with Gasteiger partial charge in [-0.1, -0.05) is 6.42 Å². The van der Waals surface area contributed by atoms with Crippen LogP contribution in [-0.4, -0.2) is 62.4 Å². The van der Waals surface area contributed by atoms with E-state index in [1.165, 1.54) is 45.2 Å². The molecule has 4 heteroatoms. The smallest absolute Gasteiger partial charge is 0.0620 e. The molecule has 0 saturated carbocycles. The highest BCUT2D eigenvalue weighted by Gasteiger charge is 2.18. The first-order chi connectivity index (χ1) is 9.75. The largest absolute Gasteiger partial charge is 0.379 e. The second-order valence-electron chi connectivity index (χ2n) is 6.55. The van der Waals surface area contributed by atoms with Crippen LogP contribution in [0.1, 0.15) is 46.0 Å². The Morgan fingerprint density at radius 2 is 2.30 bits per heavy atom. The number of hydrogen-bond donors (Lipinski definition) is 2. The van der Waals surface area contributed by atoms with E-state index in [2.05, 4.69) is 29.4 Å². The molecular formula is C16H33N3O. The molecule has 2 heterocycles. The minimum Gasteiger partial charge on any atom is -0.379 e. The van der Waals surface area contributed by atoms with Gasteiger partial charge < -0.3 is 20.3 Å². The number of piperidine rings is 1. The molecule has 2 rings (SSSR count). The highest BCUT2D eigenvalue weighted by molar-refractivity contribution is 4.76. The summed E-state index contributed by atoms with van der Waals surface area (Å²) in [5.74, 6) is 0. The van der Waals surface area contributed by atoms with Crippen molar-refractivity contribution in [3.05, 3.63) is 0 Å². The van der Waals surface area contributed by atoms with Crippen LogP contribution < -0.4 is 10.6 Å². The quantitative estimate of drug-likeness (QED) is 0.696. The van der Waals surface area contributed by atoms with Crippen LogP contribution in [-0.2, 0) is 4.74 Å². The second-order valence-corrected chi connectivity index (χ2v) is 6.55. The zero-order valence-corrected chi connectivity index (χ0v) is 13.4. The van der Waals surface area contributed by atoms with E-state index >= 15 is 0 Å². The first-order valence-corrected chi connectivity index (χ1v) is 8.54. The van der Waals surface area contributed by atoms with Gasteiger partial charge in [-0.2, -0.15) is 0 Å². The molecule has 20 heavy (non-hydrogen) atoms. The van der Waals surface area contributed by atoms with Crippen molar-refractivity contribution in [2.45, 2.75) is 64.1 Å². The molecule has 3 atom stereocenters. The standard InChI is InChI=1S/C16H33N3O/c1-14(12-16-13-20-11-8-18-16)17-7-5-10-19-9-4-3-6-15(19)2/h14-18H,3-13H2,1-2H3. The van der Waals surface area contributed by atoms with Crippen LogP contribution in [0, 0.1) is 0 Å². The van der Waals surface area contributed by atoms with Crippen molar-refractivity contribution in [1.29, 1.82) is 0 Å². The molecular weight excluding hydrogens is 250 g/mol. The monoisotopic (exact) mass is 283 g/mol. The van der Waals surface area contributed by atoms with Gasteiger partial charge in [0.2, 0.25) is 0 Å². The van der Waals surface area contributed by atoms with Crippen molar-refractivity contribution in [3.8, 4) is 0 Å². The molecule has 0 aliphatic carbocycles. The Balaban J connectivity index is 1.51. The van der Waals surface area contributed by atoms with Crippen LogP contribution in [0.4, 0.5) is 0 Å². The van der Waals surface area contributed by atoms with Crippen molar-refractivity contribution < 1.29 is 4.74 Å². The molecule has 0 amide bonds. The van der Waals surface area contributed by atoms with Gasteiger partial charge in [-0.3, -0.25) is 0 Å². The number of nitrogens with one attached hydrogen (secondary N) is 2. The molecule has 118 valence electrons. The molecule has 2 aliphatic rings. The van der Waals surface area contributed by atoms with Crippen LogP contribution in [0.2, 0.25) is 0 Å². The van der Waals surface area contributed by atoms with Gasteiger partial charge in [-0.15, -0.1) is 0 Å². The van der Waals surface area contributed by atoms with Gasteiger partial charge >= 0.3 is 0 Å². The Morgan fingerprint density at radius 1 is 1.40 bits per heavy atom. The first kappa shape index (κ1) is 16.2. The average molecular weight is 283 g/mol. The zero-order chi connectivity index (χ0) is 14.2. The lowest BCUT2D eigenvalue weighted by Gasteiger charge is -2.33. The van der Waals surface area contributed by atoms with Gasteiger partial charge in [0.1, 0.15) is 0 Å². The van der Waals surface area contributed by atoms with Gasteiger partial charge in [0, 0.05) is 24.7 Å². The Labute approximate surface area is 124 Å².